The standard InChI is InChI=1S/C11H11FN4O3S/c1-16-10(2-3-14-16)11(17)15-8-4-7(12)5-9(6-8)20(13,18)19/h2-6H,1H3,(H,15,17)(H2,13,18,19). The first-order valence-corrected chi connectivity index (χ1v) is 6.95. The van der Waals surface area contributed by atoms with Crippen LogP contribution in [0.4, 0.5) is 10.1 Å². The molecular weight excluding hydrogens is 287 g/mol. The zero-order valence-corrected chi connectivity index (χ0v) is 11.2. The Labute approximate surface area is 114 Å². The maximum atomic E-state index is 13.3. The first-order valence-electron chi connectivity index (χ1n) is 5.40. The van der Waals surface area contributed by atoms with Gasteiger partial charge in [-0.15, -0.1) is 0 Å². The highest BCUT2D eigenvalue weighted by atomic mass is 32.2. The van der Waals surface area contributed by atoms with Gasteiger partial charge in [-0.1, -0.05) is 0 Å². The molecule has 0 fully saturated rings. The minimum Gasteiger partial charge on any atom is -0.321 e. The molecule has 106 valence electrons. The number of anilines is 1. The van der Waals surface area contributed by atoms with Crippen molar-refractivity contribution >= 4 is 21.6 Å². The number of primary sulfonamides is 1. The maximum Gasteiger partial charge on any atom is 0.273 e. The van der Waals surface area contributed by atoms with Gasteiger partial charge in [0.05, 0.1) is 4.90 Å². The first-order chi connectivity index (χ1) is 9.27. The number of rotatable bonds is 3. The van der Waals surface area contributed by atoms with Gasteiger partial charge in [0.15, 0.2) is 0 Å². The Balaban J connectivity index is 2.33. The number of hydrogen-bond acceptors (Lipinski definition) is 4. The molecule has 0 saturated heterocycles. The lowest BCUT2D eigenvalue weighted by Gasteiger charge is -2.07. The molecule has 1 heterocycles. The average molecular weight is 298 g/mol. The van der Waals surface area contributed by atoms with E-state index in [4.69, 9.17) is 5.14 Å². The average Bonchev–Trinajstić information content (AvgIpc) is 2.73. The van der Waals surface area contributed by atoms with Crippen LogP contribution in [-0.2, 0) is 17.1 Å². The van der Waals surface area contributed by atoms with E-state index in [2.05, 4.69) is 10.4 Å². The van der Waals surface area contributed by atoms with Crippen LogP contribution in [0, 0.1) is 5.82 Å². The molecule has 0 bridgehead atoms. The minimum atomic E-state index is -4.05. The Morgan fingerprint density at radius 1 is 1.40 bits per heavy atom. The number of benzene rings is 1. The van der Waals surface area contributed by atoms with E-state index in [-0.39, 0.29) is 11.4 Å². The summed E-state index contributed by atoms with van der Waals surface area (Å²) in [7, 11) is -2.49. The van der Waals surface area contributed by atoms with E-state index in [9.17, 15) is 17.6 Å². The van der Waals surface area contributed by atoms with Crippen molar-refractivity contribution in [1.29, 1.82) is 0 Å². The zero-order valence-electron chi connectivity index (χ0n) is 10.4. The van der Waals surface area contributed by atoms with Crippen LogP contribution >= 0.6 is 0 Å². The van der Waals surface area contributed by atoms with Crippen LogP contribution in [0.25, 0.3) is 0 Å². The summed E-state index contributed by atoms with van der Waals surface area (Å²) < 4.78 is 37.1. The third kappa shape index (κ3) is 3.00. The number of halogens is 1. The molecule has 2 rings (SSSR count). The molecule has 1 aromatic carbocycles. The monoisotopic (exact) mass is 298 g/mol. The normalized spacial score (nSPS) is 11.3. The van der Waals surface area contributed by atoms with Crippen molar-refractivity contribution < 1.29 is 17.6 Å². The number of nitrogens with two attached hydrogens (primary N) is 1. The minimum absolute atomic E-state index is 0.0137. The predicted octanol–water partition coefficient (Wildman–Crippen LogP) is 0.459. The van der Waals surface area contributed by atoms with Crippen molar-refractivity contribution in [2.45, 2.75) is 4.90 Å². The largest absolute Gasteiger partial charge is 0.321 e. The van der Waals surface area contributed by atoms with E-state index in [1.807, 2.05) is 0 Å². The van der Waals surface area contributed by atoms with Crippen molar-refractivity contribution in [2.75, 3.05) is 5.32 Å². The fourth-order valence-electron chi connectivity index (χ4n) is 1.59. The highest BCUT2D eigenvalue weighted by molar-refractivity contribution is 7.89. The molecule has 2 aromatic rings. The van der Waals surface area contributed by atoms with Gasteiger partial charge in [-0.3, -0.25) is 9.48 Å². The van der Waals surface area contributed by atoms with Gasteiger partial charge < -0.3 is 5.32 Å². The summed E-state index contributed by atoms with van der Waals surface area (Å²) in [5.74, 6) is -1.37. The Kier molecular flexibility index (Phi) is 3.55. The Morgan fingerprint density at radius 2 is 2.10 bits per heavy atom. The molecule has 0 aliphatic rings. The molecule has 9 heteroatoms. The van der Waals surface area contributed by atoms with Gasteiger partial charge in [-0.25, -0.2) is 17.9 Å². The number of amides is 1. The lowest BCUT2D eigenvalue weighted by Crippen LogP contribution is -2.17. The topological polar surface area (TPSA) is 107 Å². The molecule has 0 radical (unpaired) electrons. The smallest absolute Gasteiger partial charge is 0.273 e. The summed E-state index contributed by atoms with van der Waals surface area (Å²) in [5.41, 5.74) is 0.228. The molecule has 0 aliphatic carbocycles. The Bertz CT molecular complexity index is 770. The van der Waals surface area contributed by atoms with Crippen molar-refractivity contribution in [1.82, 2.24) is 9.78 Å². The van der Waals surface area contributed by atoms with Gasteiger partial charge in [-0.05, 0) is 24.3 Å². The van der Waals surface area contributed by atoms with Gasteiger partial charge in [0.1, 0.15) is 11.5 Å². The highest BCUT2D eigenvalue weighted by Crippen LogP contribution is 2.18. The van der Waals surface area contributed by atoms with Crippen LogP contribution in [0.2, 0.25) is 0 Å². The highest BCUT2D eigenvalue weighted by Gasteiger charge is 2.14. The number of aryl methyl sites for hydroxylation is 1. The summed E-state index contributed by atoms with van der Waals surface area (Å²) in [6.07, 6.45) is 1.43. The van der Waals surface area contributed by atoms with Gasteiger partial charge in [0, 0.05) is 18.9 Å². The summed E-state index contributed by atoms with van der Waals surface area (Å²) in [6, 6.07) is 4.31. The fraction of sp³-hybridized carbons (Fsp3) is 0.0909. The van der Waals surface area contributed by atoms with E-state index in [0.29, 0.717) is 0 Å². The lowest BCUT2D eigenvalue weighted by atomic mass is 10.3. The Hall–Kier alpha value is -2.26. The second-order valence-electron chi connectivity index (χ2n) is 4.01. The summed E-state index contributed by atoms with van der Waals surface area (Å²) in [5, 5.41) is 11.1. The number of carbonyl (C=O) groups excluding carboxylic acids is 1. The van der Waals surface area contributed by atoms with Crippen LogP contribution in [-0.4, -0.2) is 24.1 Å². The Morgan fingerprint density at radius 3 is 2.65 bits per heavy atom. The van der Waals surface area contributed by atoms with Gasteiger partial charge in [0.2, 0.25) is 10.0 Å². The second-order valence-corrected chi connectivity index (χ2v) is 5.58. The SMILES string of the molecule is Cn1nccc1C(=O)Nc1cc(F)cc(S(N)(=O)=O)c1. The first kappa shape index (κ1) is 14.2. The fourth-order valence-corrected chi connectivity index (χ4v) is 2.16. The molecule has 3 N–H and O–H groups in total. The molecule has 0 saturated carbocycles. The van der Waals surface area contributed by atoms with Crippen molar-refractivity contribution in [3.63, 3.8) is 0 Å². The number of aromatic nitrogens is 2. The number of carbonyl (C=O) groups is 1. The van der Waals surface area contributed by atoms with E-state index in [0.717, 1.165) is 18.2 Å². The molecule has 1 amide bonds. The van der Waals surface area contributed by atoms with Crippen molar-refractivity contribution in [3.8, 4) is 0 Å². The molecule has 0 spiro atoms. The molecular formula is C11H11FN4O3S. The van der Waals surface area contributed by atoms with Crippen LogP contribution in [0.5, 0.6) is 0 Å². The summed E-state index contributed by atoms with van der Waals surface area (Å²) in [4.78, 5) is 11.5. The van der Waals surface area contributed by atoms with Crippen molar-refractivity contribution in [3.05, 3.63) is 42.0 Å². The quantitative estimate of drug-likeness (QED) is 0.858. The van der Waals surface area contributed by atoms with Gasteiger partial charge in [0.25, 0.3) is 5.91 Å². The van der Waals surface area contributed by atoms with Crippen LogP contribution in [0.3, 0.4) is 0 Å². The maximum absolute atomic E-state index is 13.3. The van der Waals surface area contributed by atoms with E-state index >= 15 is 0 Å². The zero-order chi connectivity index (χ0) is 14.9. The summed E-state index contributed by atoms with van der Waals surface area (Å²) >= 11 is 0. The third-order valence-electron chi connectivity index (χ3n) is 2.51. The molecule has 0 aliphatic heterocycles. The molecule has 1 aromatic heterocycles. The van der Waals surface area contributed by atoms with Crippen LogP contribution in [0.1, 0.15) is 10.5 Å². The molecule has 0 atom stereocenters. The third-order valence-corrected chi connectivity index (χ3v) is 3.40. The summed E-state index contributed by atoms with van der Waals surface area (Å²) in [6.45, 7) is 0. The number of nitrogens with one attached hydrogen (secondary N) is 1. The van der Waals surface area contributed by atoms with Gasteiger partial charge >= 0.3 is 0 Å². The molecule has 0 unspecified atom stereocenters. The molecule has 20 heavy (non-hydrogen) atoms. The van der Waals surface area contributed by atoms with Gasteiger partial charge in [-0.2, -0.15) is 5.10 Å². The number of nitrogens with zero attached hydrogens (tertiary/aromatic N) is 2. The van der Waals surface area contributed by atoms with Crippen molar-refractivity contribution in [2.24, 2.45) is 12.2 Å². The van der Waals surface area contributed by atoms with Crippen LogP contribution in [0.15, 0.2) is 35.4 Å². The number of hydrogen-bond donors (Lipinski definition) is 2. The second kappa shape index (κ2) is 5.02. The van der Waals surface area contributed by atoms with Crippen LogP contribution < -0.4 is 10.5 Å². The van der Waals surface area contributed by atoms with E-state index < -0.39 is 26.6 Å². The number of sulfonamides is 1. The van der Waals surface area contributed by atoms with E-state index in [1.165, 1.54) is 16.9 Å². The molecule has 7 nitrogen and oxygen atoms in total. The lowest BCUT2D eigenvalue weighted by molar-refractivity contribution is 0.101. The van der Waals surface area contributed by atoms with E-state index in [1.54, 1.807) is 7.05 Å². The predicted molar refractivity (Wildman–Crippen MR) is 68.9 cm³/mol.